The maximum absolute atomic E-state index is 13.2. The summed E-state index contributed by atoms with van der Waals surface area (Å²) in [6, 6.07) is 14.3. The highest BCUT2D eigenvalue weighted by Crippen LogP contribution is 2.32. The minimum atomic E-state index is -3.87. The van der Waals surface area contributed by atoms with Gasteiger partial charge in [0.2, 0.25) is 16.3 Å². The van der Waals surface area contributed by atoms with Crippen molar-refractivity contribution in [2.75, 3.05) is 33.4 Å². The third-order valence-electron chi connectivity index (χ3n) is 7.21. The van der Waals surface area contributed by atoms with Gasteiger partial charge >= 0.3 is 0 Å². The first-order chi connectivity index (χ1) is 19.3. The van der Waals surface area contributed by atoms with Gasteiger partial charge in [-0.05, 0) is 83.5 Å². The molecule has 218 valence electrons. The number of amides is 1. The third-order valence-corrected chi connectivity index (χ3v) is 9.84. The van der Waals surface area contributed by atoms with Crippen LogP contribution in [-0.2, 0) is 24.3 Å². The van der Waals surface area contributed by atoms with E-state index in [1.54, 1.807) is 12.1 Å². The summed E-state index contributed by atoms with van der Waals surface area (Å²) in [5, 5.41) is 12.7. The van der Waals surface area contributed by atoms with E-state index in [1.807, 2.05) is 30.3 Å². The van der Waals surface area contributed by atoms with Crippen molar-refractivity contribution in [2.24, 2.45) is 0 Å². The standard InChI is InChI=1S/C29H37IN2O7S/c1-37-25-11-13-26(14-12-25)40(35,36)32(15-17-33)16-18-38-28-20-22(21-7-9-23(30)10-8-21)19-27(39-28)29(34)31-24-5-3-2-4-6-24/h7-14,19,22,24,28,33H,2-6,15-18,20H2,1H3,(H,31,34)/t22-,28+/m0/s1. The molecule has 1 aliphatic carbocycles. The molecule has 4 rings (SSSR count). The number of allylic oxidation sites excluding steroid dienone is 1. The predicted molar refractivity (Wildman–Crippen MR) is 159 cm³/mol. The van der Waals surface area contributed by atoms with E-state index in [9.17, 15) is 18.3 Å². The third kappa shape index (κ3) is 8.19. The molecule has 2 aromatic rings. The quantitative estimate of drug-likeness (QED) is 0.323. The van der Waals surface area contributed by atoms with E-state index in [0.717, 1.165) is 34.8 Å². The second-order valence-electron chi connectivity index (χ2n) is 9.95. The molecule has 1 fully saturated rings. The lowest BCUT2D eigenvalue weighted by Crippen LogP contribution is -2.40. The van der Waals surface area contributed by atoms with E-state index in [0.29, 0.717) is 12.2 Å². The molecule has 9 nitrogen and oxygen atoms in total. The van der Waals surface area contributed by atoms with Gasteiger partial charge in [-0.2, -0.15) is 4.31 Å². The van der Waals surface area contributed by atoms with Crippen LogP contribution in [0.5, 0.6) is 5.75 Å². The SMILES string of the molecule is COc1ccc(S(=O)(=O)N(CCO)CCO[C@H]2C[C@@H](c3ccc(I)cc3)C=C(C(=O)NC3CCCCC3)O2)cc1. The number of hydrogen-bond donors (Lipinski definition) is 2. The number of nitrogens with one attached hydrogen (secondary N) is 1. The van der Waals surface area contributed by atoms with Crippen molar-refractivity contribution in [3.8, 4) is 5.75 Å². The molecule has 0 saturated heterocycles. The van der Waals surface area contributed by atoms with Gasteiger partial charge in [-0.15, -0.1) is 0 Å². The fourth-order valence-corrected chi connectivity index (χ4v) is 6.79. The molecule has 2 aliphatic rings. The summed E-state index contributed by atoms with van der Waals surface area (Å²) in [4.78, 5) is 13.3. The van der Waals surface area contributed by atoms with Crippen LogP contribution < -0.4 is 10.1 Å². The minimum Gasteiger partial charge on any atom is -0.497 e. The van der Waals surface area contributed by atoms with Gasteiger partial charge in [0.15, 0.2) is 5.76 Å². The topological polar surface area (TPSA) is 114 Å². The molecule has 0 bridgehead atoms. The molecule has 1 heterocycles. The number of aliphatic hydroxyl groups is 1. The summed E-state index contributed by atoms with van der Waals surface area (Å²) in [5.41, 5.74) is 1.05. The van der Waals surface area contributed by atoms with Crippen LogP contribution in [0.4, 0.5) is 0 Å². The number of carbonyl (C=O) groups excluding carboxylic acids is 1. The zero-order valence-electron chi connectivity index (χ0n) is 22.6. The fraction of sp³-hybridized carbons (Fsp3) is 0.483. The van der Waals surface area contributed by atoms with Gasteiger partial charge < -0.3 is 24.6 Å². The number of benzene rings is 2. The van der Waals surface area contributed by atoms with Crippen molar-refractivity contribution in [3.05, 3.63) is 69.5 Å². The maximum Gasteiger partial charge on any atom is 0.286 e. The van der Waals surface area contributed by atoms with E-state index in [2.05, 4.69) is 27.9 Å². The Hall–Kier alpha value is -2.19. The Morgan fingerprint density at radius 3 is 2.42 bits per heavy atom. The molecule has 1 amide bonds. The number of rotatable bonds is 12. The molecule has 1 aliphatic heterocycles. The Labute approximate surface area is 250 Å². The highest BCUT2D eigenvalue weighted by atomic mass is 127. The Morgan fingerprint density at radius 2 is 1.77 bits per heavy atom. The van der Waals surface area contributed by atoms with Crippen molar-refractivity contribution >= 4 is 38.5 Å². The Bertz CT molecular complexity index is 1250. The van der Waals surface area contributed by atoms with Crippen LogP contribution in [0.2, 0.25) is 0 Å². The molecule has 2 N–H and O–H groups in total. The zero-order valence-corrected chi connectivity index (χ0v) is 25.6. The smallest absolute Gasteiger partial charge is 0.286 e. The predicted octanol–water partition coefficient (Wildman–Crippen LogP) is 4.16. The summed E-state index contributed by atoms with van der Waals surface area (Å²) in [7, 11) is -2.36. The van der Waals surface area contributed by atoms with Crippen molar-refractivity contribution in [3.63, 3.8) is 0 Å². The maximum atomic E-state index is 13.2. The summed E-state index contributed by atoms with van der Waals surface area (Å²) < 4.78 is 45.9. The van der Waals surface area contributed by atoms with E-state index in [-0.39, 0.29) is 54.8 Å². The number of sulfonamides is 1. The summed E-state index contributed by atoms with van der Waals surface area (Å²) in [6.45, 7) is -0.380. The van der Waals surface area contributed by atoms with Gasteiger partial charge in [0.1, 0.15) is 5.75 Å². The number of hydrogen-bond acceptors (Lipinski definition) is 7. The van der Waals surface area contributed by atoms with Crippen LogP contribution >= 0.6 is 22.6 Å². The average molecular weight is 685 g/mol. The van der Waals surface area contributed by atoms with Crippen LogP contribution in [0.1, 0.15) is 50.0 Å². The number of aliphatic hydroxyl groups excluding tert-OH is 1. The van der Waals surface area contributed by atoms with Gasteiger partial charge in [-0.1, -0.05) is 31.4 Å². The first-order valence-corrected chi connectivity index (χ1v) is 16.1. The van der Waals surface area contributed by atoms with Crippen LogP contribution in [0.15, 0.2) is 65.3 Å². The molecule has 0 unspecified atom stereocenters. The van der Waals surface area contributed by atoms with Crippen molar-refractivity contribution < 1.29 is 32.5 Å². The lowest BCUT2D eigenvalue weighted by atomic mass is 9.92. The lowest BCUT2D eigenvalue weighted by Gasteiger charge is -2.31. The van der Waals surface area contributed by atoms with Gasteiger partial charge in [-0.25, -0.2) is 8.42 Å². The summed E-state index contributed by atoms with van der Waals surface area (Å²) in [5.74, 6) is 0.423. The number of nitrogens with zero attached hydrogens (tertiary/aromatic N) is 1. The van der Waals surface area contributed by atoms with Crippen molar-refractivity contribution in [1.29, 1.82) is 0 Å². The van der Waals surface area contributed by atoms with Crippen LogP contribution in [-0.4, -0.2) is 69.5 Å². The first-order valence-electron chi connectivity index (χ1n) is 13.6. The molecule has 2 atom stereocenters. The van der Waals surface area contributed by atoms with Gasteiger partial charge in [-0.3, -0.25) is 4.79 Å². The van der Waals surface area contributed by atoms with Gasteiger partial charge in [0.05, 0.1) is 25.2 Å². The van der Waals surface area contributed by atoms with Crippen LogP contribution in [0.3, 0.4) is 0 Å². The highest BCUT2D eigenvalue weighted by molar-refractivity contribution is 14.1. The Kier molecular flexibility index (Phi) is 11.2. The monoisotopic (exact) mass is 684 g/mol. The van der Waals surface area contributed by atoms with E-state index in [4.69, 9.17) is 14.2 Å². The largest absolute Gasteiger partial charge is 0.497 e. The number of halogens is 1. The first kappa shape index (κ1) is 30.8. The zero-order chi connectivity index (χ0) is 28.5. The highest BCUT2D eigenvalue weighted by Gasteiger charge is 2.31. The molecular weight excluding hydrogens is 647 g/mol. The average Bonchev–Trinajstić information content (AvgIpc) is 2.97. The molecule has 0 aromatic heterocycles. The number of carbonyl (C=O) groups is 1. The van der Waals surface area contributed by atoms with E-state index < -0.39 is 16.3 Å². The molecule has 11 heteroatoms. The molecule has 40 heavy (non-hydrogen) atoms. The molecule has 0 spiro atoms. The van der Waals surface area contributed by atoms with Crippen LogP contribution in [0.25, 0.3) is 0 Å². The lowest BCUT2D eigenvalue weighted by molar-refractivity contribution is -0.147. The van der Waals surface area contributed by atoms with Crippen LogP contribution in [0, 0.1) is 3.57 Å². The summed E-state index contributed by atoms with van der Waals surface area (Å²) >= 11 is 2.26. The normalized spacial score (nSPS) is 20.1. The van der Waals surface area contributed by atoms with Crippen molar-refractivity contribution in [2.45, 2.75) is 61.7 Å². The fourth-order valence-electron chi connectivity index (χ4n) is 5.01. The Balaban J connectivity index is 1.44. The minimum absolute atomic E-state index is 0.0102. The Morgan fingerprint density at radius 1 is 1.07 bits per heavy atom. The molecule has 0 radical (unpaired) electrons. The molecule has 1 saturated carbocycles. The molecular formula is C29H37IN2O7S. The summed E-state index contributed by atoms with van der Waals surface area (Å²) in [6.07, 6.45) is 6.92. The number of ether oxygens (including phenoxy) is 3. The second kappa shape index (κ2) is 14.6. The van der Waals surface area contributed by atoms with Crippen molar-refractivity contribution in [1.82, 2.24) is 9.62 Å². The van der Waals surface area contributed by atoms with E-state index in [1.165, 1.54) is 30.0 Å². The molecule has 2 aromatic carbocycles. The number of methoxy groups -OCH3 is 1. The second-order valence-corrected chi connectivity index (χ2v) is 13.1. The van der Waals surface area contributed by atoms with E-state index >= 15 is 0 Å². The van der Waals surface area contributed by atoms with Gasteiger partial charge in [0, 0.05) is 35.0 Å². The van der Waals surface area contributed by atoms with Gasteiger partial charge in [0.25, 0.3) is 5.91 Å².